The summed E-state index contributed by atoms with van der Waals surface area (Å²) in [5, 5.41) is 0.999. The highest BCUT2D eigenvalue weighted by atomic mass is 33.7. The first kappa shape index (κ1) is 21.8. The lowest BCUT2D eigenvalue weighted by atomic mass is 10.0. The molecule has 0 aromatic heterocycles. The summed E-state index contributed by atoms with van der Waals surface area (Å²) in [6.45, 7) is 10.4. The molecule has 0 radical (unpaired) electrons. The molecule has 0 heterocycles. The molecule has 2 bridgehead atoms. The highest BCUT2D eigenvalue weighted by molar-refractivity contribution is 9.31. The van der Waals surface area contributed by atoms with Crippen molar-refractivity contribution in [1.82, 2.24) is 0 Å². The molecule has 0 N–H and O–H groups in total. The fraction of sp³-hybridized carbons (Fsp3) is 1.00. The van der Waals surface area contributed by atoms with Crippen molar-refractivity contribution in [3.05, 3.63) is 0 Å². The summed E-state index contributed by atoms with van der Waals surface area (Å²) < 4.78 is 17.9. The van der Waals surface area contributed by atoms with E-state index in [0.29, 0.717) is 19.8 Å². The van der Waals surface area contributed by atoms with Crippen molar-refractivity contribution in [2.24, 2.45) is 11.8 Å². The predicted octanol–water partition coefficient (Wildman–Crippen LogP) is 6.08. The summed E-state index contributed by atoms with van der Waals surface area (Å²) in [6, 6.07) is 0. The minimum atomic E-state index is -2.57. The zero-order valence-electron chi connectivity index (χ0n) is 15.5. The Kier molecular flexibility index (Phi) is 10.3. The van der Waals surface area contributed by atoms with Gasteiger partial charge in [-0.25, -0.2) is 0 Å². The second-order valence-corrected chi connectivity index (χ2v) is 19.0. The minimum absolute atomic E-state index is 0.0569. The number of hydrogen-bond acceptors (Lipinski definition) is 6. The minimum Gasteiger partial charge on any atom is -0.365 e. The molecule has 0 aromatic rings. The monoisotopic (exact) mass is 430 g/mol. The summed E-state index contributed by atoms with van der Waals surface area (Å²) >= 11 is 0. The van der Waals surface area contributed by atoms with Crippen LogP contribution in [0.2, 0.25) is 0 Å². The van der Waals surface area contributed by atoms with Gasteiger partial charge in [-0.2, -0.15) is 9.93 Å². The van der Waals surface area contributed by atoms with Gasteiger partial charge in [-0.3, -0.25) is 0 Å². The average Bonchev–Trinajstić information content (AvgIpc) is 3.18. The first-order chi connectivity index (χ1) is 11.7. The van der Waals surface area contributed by atoms with Crippen LogP contribution in [0.4, 0.5) is 0 Å². The first-order valence-electron chi connectivity index (χ1n) is 9.38. The largest absolute Gasteiger partial charge is 0.585 e. The van der Waals surface area contributed by atoms with E-state index in [2.05, 4.69) is 16.7 Å². The fourth-order valence-electron chi connectivity index (χ4n) is 3.87. The molecule has 4 atom stereocenters. The maximum Gasteiger partial charge on any atom is 0.585 e. The number of fused-ring (bicyclic) bond motifs is 2. The highest BCUT2D eigenvalue weighted by Gasteiger charge is 2.45. The van der Waals surface area contributed by atoms with Crippen molar-refractivity contribution < 1.29 is 13.3 Å². The molecule has 2 aliphatic rings. The van der Waals surface area contributed by atoms with Crippen LogP contribution < -0.4 is 0 Å². The molecule has 0 aromatic carbocycles. The van der Waals surface area contributed by atoms with Gasteiger partial charge >= 0.3 is 7.95 Å². The molecule has 4 unspecified atom stereocenters. The third kappa shape index (κ3) is 6.01. The van der Waals surface area contributed by atoms with Crippen LogP contribution in [0.25, 0.3) is 0 Å². The van der Waals surface area contributed by atoms with E-state index in [0.717, 1.165) is 17.1 Å². The van der Waals surface area contributed by atoms with E-state index in [9.17, 15) is 0 Å². The molecule has 0 amide bonds. The summed E-state index contributed by atoms with van der Waals surface area (Å²) in [6.07, 6.45) is 7.31. The zero-order chi connectivity index (χ0) is 17.4. The van der Waals surface area contributed by atoms with Gasteiger partial charge < -0.3 is 13.3 Å². The van der Waals surface area contributed by atoms with Crippen LogP contribution in [0.5, 0.6) is 0 Å². The van der Waals surface area contributed by atoms with E-state index < -0.39 is 7.95 Å². The third-order valence-corrected chi connectivity index (χ3v) is 21.6. The normalized spacial score (nSPS) is 28.5. The van der Waals surface area contributed by atoms with Gasteiger partial charge in [0.25, 0.3) is 0 Å². The quantitative estimate of drug-likeness (QED) is 0.216. The predicted molar refractivity (Wildman–Crippen MR) is 117 cm³/mol. The molecule has 0 spiro atoms. The number of hydrogen-bond donors (Lipinski definition) is 1. The van der Waals surface area contributed by atoms with E-state index in [1.54, 1.807) is 10.2 Å². The molecule has 2 saturated carbocycles. The SMILES string of the molecule is CCC[SH](SSS[Si](OCC)(OCC)OCC)C1CC2CCC1C2. The molecular weight excluding hydrogens is 397 g/mol. The van der Waals surface area contributed by atoms with Crippen LogP contribution in [0.15, 0.2) is 0 Å². The van der Waals surface area contributed by atoms with Crippen molar-refractivity contribution in [3.8, 4) is 0 Å². The Morgan fingerprint density at radius 3 is 2.08 bits per heavy atom. The van der Waals surface area contributed by atoms with E-state index in [-0.39, 0.29) is 9.93 Å². The van der Waals surface area contributed by atoms with Crippen molar-refractivity contribution in [1.29, 1.82) is 0 Å². The van der Waals surface area contributed by atoms with Gasteiger partial charge in [0.1, 0.15) is 0 Å². The van der Waals surface area contributed by atoms with Gasteiger partial charge in [-0.05, 0) is 99.2 Å². The Balaban J connectivity index is 1.87. The molecular formula is C16H34O3S4Si. The highest BCUT2D eigenvalue weighted by Crippen LogP contribution is 2.64. The van der Waals surface area contributed by atoms with Gasteiger partial charge in [-0.1, -0.05) is 13.3 Å². The van der Waals surface area contributed by atoms with Crippen LogP contribution in [-0.4, -0.2) is 38.8 Å². The molecule has 0 aliphatic heterocycles. The van der Waals surface area contributed by atoms with Gasteiger partial charge in [0.15, 0.2) is 0 Å². The maximum absolute atomic E-state index is 5.96. The van der Waals surface area contributed by atoms with Crippen LogP contribution >= 0.6 is 39.8 Å². The molecule has 2 rings (SSSR count). The van der Waals surface area contributed by atoms with E-state index in [1.165, 1.54) is 37.9 Å². The molecule has 2 fully saturated rings. The Morgan fingerprint density at radius 2 is 1.62 bits per heavy atom. The van der Waals surface area contributed by atoms with Crippen LogP contribution in [-0.2, 0) is 13.3 Å². The second kappa shape index (κ2) is 11.4. The molecule has 8 heteroatoms. The molecule has 144 valence electrons. The summed E-state index contributed by atoms with van der Waals surface area (Å²) in [5.74, 6) is 3.47. The van der Waals surface area contributed by atoms with Gasteiger partial charge in [0, 0.05) is 19.8 Å². The summed E-state index contributed by atoms with van der Waals surface area (Å²) in [7, 11) is 3.25. The van der Waals surface area contributed by atoms with Crippen LogP contribution in [0.1, 0.15) is 59.8 Å². The van der Waals surface area contributed by atoms with Crippen molar-refractivity contribution >= 4 is 47.8 Å². The molecule has 2 aliphatic carbocycles. The first-order valence-corrected chi connectivity index (χ1v) is 17.5. The van der Waals surface area contributed by atoms with Gasteiger partial charge in [0.2, 0.25) is 0 Å². The fourth-order valence-corrected chi connectivity index (χ4v) is 24.0. The number of thiol groups is 1. The Bertz CT molecular complexity index is 347. The molecule has 24 heavy (non-hydrogen) atoms. The standard InChI is InChI=1S/C16H34O3S4Si/c1-5-11-23(16-13-14-9-10-15(16)12-14)21-20-22-24(17-6-2,18-7-3)19-8-4/h14-16,23H,5-13H2,1-4H3. The topological polar surface area (TPSA) is 27.7 Å². The number of rotatable bonds is 13. The Morgan fingerprint density at radius 1 is 0.958 bits per heavy atom. The van der Waals surface area contributed by atoms with Crippen molar-refractivity contribution in [2.45, 2.75) is 65.0 Å². The lowest BCUT2D eigenvalue weighted by molar-refractivity contribution is 0.0971. The van der Waals surface area contributed by atoms with Gasteiger partial charge in [0.05, 0.1) is 0 Å². The van der Waals surface area contributed by atoms with Crippen molar-refractivity contribution in [3.63, 3.8) is 0 Å². The average molecular weight is 431 g/mol. The summed E-state index contributed by atoms with van der Waals surface area (Å²) in [4.78, 5) is 0. The Labute approximate surface area is 163 Å². The lowest BCUT2D eigenvalue weighted by Crippen LogP contribution is -2.42. The van der Waals surface area contributed by atoms with E-state index in [4.69, 9.17) is 13.3 Å². The third-order valence-electron chi connectivity index (χ3n) is 4.74. The van der Waals surface area contributed by atoms with Crippen LogP contribution in [0, 0.1) is 11.8 Å². The second-order valence-electron chi connectivity index (χ2n) is 6.41. The summed E-state index contributed by atoms with van der Waals surface area (Å²) in [5.41, 5.74) is 0. The lowest BCUT2D eigenvalue weighted by Gasteiger charge is -2.33. The Hall–Kier alpha value is 1.50. The molecule has 3 nitrogen and oxygen atoms in total. The van der Waals surface area contributed by atoms with E-state index in [1.807, 2.05) is 30.6 Å². The smallest absolute Gasteiger partial charge is 0.365 e. The van der Waals surface area contributed by atoms with Crippen LogP contribution in [0.3, 0.4) is 0 Å². The van der Waals surface area contributed by atoms with E-state index >= 15 is 0 Å². The van der Waals surface area contributed by atoms with Gasteiger partial charge in [-0.15, -0.1) is 0 Å². The van der Waals surface area contributed by atoms with Crippen molar-refractivity contribution in [2.75, 3.05) is 25.6 Å². The molecule has 0 saturated heterocycles. The zero-order valence-corrected chi connectivity index (χ0v) is 19.8. The maximum atomic E-state index is 5.96.